The number of hydrogen-bond donors (Lipinski definition) is 2. The number of nitriles is 1. The van der Waals surface area contributed by atoms with E-state index in [1.54, 1.807) is 12.4 Å². The Balaban J connectivity index is 1.80. The fraction of sp³-hybridized carbons (Fsp3) is 0.350. The predicted molar refractivity (Wildman–Crippen MR) is 98.2 cm³/mol. The van der Waals surface area contributed by atoms with Gasteiger partial charge in [-0.2, -0.15) is 5.26 Å². The van der Waals surface area contributed by atoms with E-state index in [2.05, 4.69) is 16.4 Å². The number of aliphatic hydroxyl groups excluding tert-OH is 1. The minimum absolute atomic E-state index is 0.174. The fourth-order valence-electron chi connectivity index (χ4n) is 3.44. The first-order valence-electron chi connectivity index (χ1n) is 8.78. The van der Waals surface area contributed by atoms with E-state index in [4.69, 9.17) is 0 Å². The lowest BCUT2D eigenvalue weighted by atomic mass is 9.76. The highest BCUT2D eigenvalue weighted by Gasteiger charge is 2.51. The summed E-state index contributed by atoms with van der Waals surface area (Å²) >= 11 is 0. The molecule has 3 rings (SSSR count). The summed E-state index contributed by atoms with van der Waals surface area (Å²) in [6.07, 6.45) is 4.35. The van der Waals surface area contributed by atoms with Crippen LogP contribution in [0.2, 0.25) is 0 Å². The first kappa shape index (κ1) is 17.9. The number of hydrogen-bond acceptors (Lipinski definition) is 4. The number of carbonyl (C=O) groups excluding carboxylic acids is 1. The first-order valence-corrected chi connectivity index (χ1v) is 8.78. The number of benzene rings is 1. The maximum absolute atomic E-state index is 12.3. The van der Waals surface area contributed by atoms with Crippen molar-refractivity contribution >= 4 is 6.03 Å². The smallest absolute Gasteiger partial charge is 0.318 e. The number of carbonyl (C=O) groups is 1. The molecule has 2 heterocycles. The molecule has 1 fully saturated rings. The van der Waals surface area contributed by atoms with Crippen molar-refractivity contribution in [1.29, 1.82) is 5.26 Å². The van der Waals surface area contributed by atoms with Crippen LogP contribution in [0.25, 0.3) is 11.1 Å². The largest absolute Gasteiger partial charge is 0.394 e. The Bertz CT molecular complexity index is 786. The molecule has 6 heteroatoms. The van der Waals surface area contributed by atoms with Gasteiger partial charge in [0.1, 0.15) is 6.04 Å². The van der Waals surface area contributed by atoms with Gasteiger partial charge in [0.15, 0.2) is 0 Å². The standard InChI is InChI=1S/C20H22N4O2/c1-2-9-23-20(26)24-17(11-21)19(18(24)13-25)15-7-5-14(6-8-15)16-4-3-10-22-12-16/h3-8,10,12,17-19,25H,2,9,13H2,1H3,(H,23,26)/t17-,18-,19-/m1/s1. The van der Waals surface area contributed by atoms with E-state index in [-0.39, 0.29) is 24.6 Å². The minimum atomic E-state index is -0.576. The Morgan fingerprint density at radius 3 is 2.65 bits per heavy atom. The number of urea groups is 1. The molecule has 3 atom stereocenters. The van der Waals surface area contributed by atoms with E-state index in [0.717, 1.165) is 23.1 Å². The first-order chi connectivity index (χ1) is 12.7. The van der Waals surface area contributed by atoms with E-state index in [1.165, 1.54) is 4.90 Å². The van der Waals surface area contributed by atoms with Crippen molar-refractivity contribution < 1.29 is 9.90 Å². The van der Waals surface area contributed by atoms with Crippen LogP contribution in [0.1, 0.15) is 24.8 Å². The molecule has 1 aromatic carbocycles. The summed E-state index contributed by atoms with van der Waals surface area (Å²) in [4.78, 5) is 17.9. The maximum Gasteiger partial charge on any atom is 0.318 e. The second-order valence-corrected chi connectivity index (χ2v) is 6.35. The highest BCUT2D eigenvalue weighted by atomic mass is 16.3. The molecule has 6 nitrogen and oxygen atoms in total. The van der Waals surface area contributed by atoms with Crippen molar-refractivity contribution in [3.63, 3.8) is 0 Å². The van der Waals surface area contributed by atoms with Gasteiger partial charge in [-0.25, -0.2) is 4.79 Å². The number of rotatable bonds is 5. The van der Waals surface area contributed by atoms with Gasteiger partial charge in [0.05, 0.1) is 18.7 Å². The van der Waals surface area contributed by atoms with Crippen LogP contribution in [0.4, 0.5) is 4.79 Å². The van der Waals surface area contributed by atoms with Crippen molar-refractivity contribution in [3.8, 4) is 17.2 Å². The van der Waals surface area contributed by atoms with Gasteiger partial charge >= 0.3 is 6.03 Å². The van der Waals surface area contributed by atoms with Crippen molar-refractivity contribution in [1.82, 2.24) is 15.2 Å². The van der Waals surface area contributed by atoms with Gasteiger partial charge in [-0.3, -0.25) is 4.98 Å². The summed E-state index contributed by atoms with van der Waals surface area (Å²) in [5.74, 6) is -0.194. The highest BCUT2D eigenvalue weighted by Crippen LogP contribution is 2.40. The number of aromatic nitrogens is 1. The number of amides is 2. The van der Waals surface area contributed by atoms with E-state index < -0.39 is 6.04 Å². The Hall–Kier alpha value is -2.91. The summed E-state index contributed by atoms with van der Waals surface area (Å²) in [7, 11) is 0. The lowest BCUT2D eigenvalue weighted by molar-refractivity contribution is 0.0169. The van der Waals surface area contributed by atoms with Gasteiger partial charge in [-0.15, -0.1) is 0 Å². The number of nitrogens with one attached hydrogen (secondary N) is 1. The summed E-state index contributed by atoms with van der Waals surface area (Å²) in [6.45, 7) is 2.34. The second-order valence-electron chi connectivity index (χ2n) is 6.35. The Morgan fingerprint density at radius 1 is 1.31 bits per heavy atom. The van der Waals surface area contributed by atoms with Crippen LogP contribution in [0.5, 0.6) is 0 Å². The van der Waals surface area contributed by atoms with Gasteiger partial charge in [0.25, 0.3) is 0 Å². The van der Waals surface area contributed by atoms with Gasteiger partial charge in [-0.1, -0.05) is 37.3 Å². The van der Waals surface area contributed by atoms with Gasteiger partial charge in [0, 0.05) is 24.9 Å². The van der Waals surface area contributed by atoms with E-state index >= 15 is 0 Å². The summed E-state index contributed by atoms with van der Waals surface area (Å²) in [5.41, 5.74) is 3.00. The van der Waals surface area contributed by atoms with Crippen molar-refractivity contribution in [2.24, 2.45) is 0 Å². The molecule has 0 saturated carbocycles. The zero-order valence-corrected chi connectivity index (χ0v) is 14.7. The molecule has 1 aromatic heterocycles. The molecule has 0 spiro atoms. The lowest BCUT2D eigenvalue weighted by Gasteiger charge is -2.51. The zero-order valence-electron chi connectivity index (χ0n) is 14.7. The molecule has 134 valence electrons. The zero-order chi connectivity index (χ0) is 18.5. The lowest BCUT2D eigenvalue weighted by Crippen LogP contribution is -2.67. The fourth-order valence-corrected chi connectivity index (χ4v) is 3.44. The molecule has 1 aliphatic rings. The molecular weight excluding hydrogens is 328 g/mol. The van der Waals surface area contributed by atoms with Crippen LogP contribution in [-0.2, 0) is 0 Å². The molecule has 2 aromatic rings. The summed E-state index contributed by atoms with van der Waals surface area (Å²) < 4.78 is 0. The number of nitrogens with zero attached hydrogens (tertiary/aromatic N) is 3. The molecule has 1 saturated heterocycles. The molecular formula is C20H22N4O2. The van der Waals surface area contributed by atoms with E-state index in [0.29, 0.717) is 6.54 Å². The molecule has 1 aliphatic heterocycles. The molecule has 2 N–H and O–H groups in total. The average Bonchev–Trinajstić information content (AvgIpc) is 2.67. The molecule has 2 amide bonds. The molecule has 0 bridgehead atoms. The van der Waals surface area contributed by atoms with Crippen LogP contribution < -0.4 is 5.32 Å². The molecule has 0 radical (unpaired) electrons. The van der Waals surface area contributed by atoms with Gasteiger partial charge in [-0.05, 0) is 29.2 Å². The van der Waals surface area contributed by atoms with Gasteiger partial charge < -0.3 is 15.3 Å². The monoisotopic (exact) mass is 350 g/mol. The third kappa shape index (κ3) is 3.26. The second kappa shape index (κ2) is 7.98. The minimum Gasteiger partial charge on any atom is -0.394 e. The Morgan fingerprint density at radius 2 is 2.08 bits per heavy atom. The normalized spacial score (nSPS) is 21.6. The summed E-state index contributed by atoms with van der Waals surface area (Å²) in [5, 5.41) is 22.1. The molecule has 26 heavy (non-hydrogen) atoms. The van der Waals surface area contributed by atoms with Crippen molar-refractivity contribution in [2.45, 2.75) is 31.3 Å². The summed E-state index contributed by atoms with van der Waals surface area (Å²) in [6, 6.07) is 12.7. The van der Waals surface area contributed by atoms with Crippen LogP contribution in [0.3, 0.4) is 0 Å². The third-order valence-electron chi connectivity index (χ3n) is 4.78. The topological polar surface area (TPSA) is 89.3 Å². The molecule has 0 aliphatic carbocycles. The van der Waals surface area contributed by atoms with Crippen molar-refractivity contribution in [3.05, 3.63) is 54.4 Å². The van der Waals surface area contributed by atoms with Crippen molar-refractivity contribution in [2.75, 3.05) is 13.2 Å². The van der Waals surface area contributed by atoms with Gasteiger partial charge in [0.2, 0.25) is 0 Å². The highest BCUT2D eigenvalue weighted by molar-refractivity contribution is 5.77. The van der Waals surface area contributed by atoms with E-state index in [1.807, 2.05) is 43.3 Å². The van der Waals surface area contributed by atoms with E-state index in [9.17, 15) is 15.2 Å². The number of aliphatic hydroxyl groups is 1. The molecule has 0 unspecified atom stereocenters. The third-order valence-corrected chi connectivity index (χ3v) is 4.78. The van der Waals surface area contributed by atoms with Crippen LogP contribution in [-0.4, -0.2) is 46.3 Å². The SMILES string of the molecule is CCCNC(=O)N1[C@H](C#N)[C@@H](c2ccc(-c3cccnc3)cc2)[C@H]1CO. The number of likely N-dealkylation sites (tertiary alicyclic amines) is 1. The average molecular weight is 350 g/mol. The van der Waals surface area contributed by atoms with Crippen LogP contribution in [0, 0.1) is 11.3 Å². The maximum atomic E-state index is 12.3. The Labute approximate surface area is 153 Å². The van der Waals surface area contributed by atoms with Crippen LogP contribution in [0.15, 0.2) is 48.8 Å². The quantitative estimate of drug-likeness (QED) is 0.867. The number of pyridine rings is 1. The van der Waals surface area contributed by atoms with Crippen LogP contribution >= 0.6 is 0 Å². The Kier molecular flexibility index (Phi) is 5.49. The predicted octanol–water partition coefficient (Wildman–Crippen LogP) is 2.52.